The van der Waals surface area contributed by atoms with Crippen LogP contribution in [0.2, 0.25) is 0 Å². The molecule has 5 heteroatoms. The summed E-state index contributed by atoms with van der Waals surface area (Å²) in [4.78, 5) is 3.98. The lowest BCUT2D eigenvalue weighted by Crippen LogP contribution is -2.34. The maximum atomic E-state index is 9.23. The fourth-order valence-electron chi connectivity index (χ4n) is 0.931. The summed E-state index contributed by atoms with van der Waals surface area (Å²) >= 11 is 0. The Kier molecular flexibility index (Phi) is 3.98. The van der Waals surface area contributed by atoms with Gasteiger partial charge in [-0.1, -0.05) is 0 Å². The largest absolute Gasteiger partial charge is 0.389 e. The Balaban J connectivity index is 2.12. The van der Waals surface area contributed by atoms with Gasteiger partial charge in [0.1, 0.15) is 0 Å². The molecule has 0 aliphatic heterocycles. The molecule has 5 nitrogen and oxygen atoms in total. The standard InChI is InChI=1S/C8H17N3O2/c1-13-5-7(12)4-10-8(9)11-6-2-3-6/h6-7,12H,2-5H2,1H3,(H3,9,10,11). The van der Waals surface area contributed by atoms with Gasteiger partial charge in [0.15, 0.2) is 5.96 Å². The second-order valence-corrected chi connectivity index (χ2v) is 3.25. The van der Waals surface area contributed by atoms with Gasteiger partial charge in [0.2, 0.25) is 0 Å². The van der Waals surface area contributed by atoms with Crippen LogP contribution >= 0.6 is 0 Å². The molecular formula is C8H17N3O2. The number of nitrogens with zero attached hydrogens (tertiary/aromatic N) is 1. The number of hydrogen-bond donors (Lipinski definition) is 3. The fourth-order valence-corrected chi connectivity index (χ4v) is 0.931. The van der Waals surface area contributed by atoms with Gasteiger partial charge in [0.05, 0.1) is 19.3 Å². The van der Waals surface area contributed by atoms with E-state index in [1.807, 2.05) is 0 Å². The van der Waals surface area contributed by atoms with Crippen LogP contribution in [0, 0.1) is 0 Å². The first-order valence-electron chi connectivity index (χ1n) is 4.46. The summed E-state index contributed by atoms with van der Waals surface area (Å²) < 4.78 is 4.75. The highest BCUT2D eigenvalue weighted by Crippen LogP contribution is 2.17. The van der Waals surface area contributed by atoms with E-state index in [0.717, 1.165) is 12.8 Å². The average Bonchev–Trinajstić information content (AvgIpc) is 2.85. The zero-order valence-corrected chi connectivity index (χ0v) is 7.86. The van der Waals surface area contributed by atoms with E-state index in [0.29, 0.717) is 25.2 Å². The van der Waals surface area contributed by atoms with Gasteiger partial charge >= 0.3 is 0 Å². The second-order valence-electron chi connectivity index (χ2n) is 3.25. The maximum absolute atomic E-state index is 9.23. The van der Waals surface area contributed by atoms with Crippen molar-refractivity contribution in [2.75, 3.05) is 20.3 Å². The van der Waals surface area contributed by atoms with Crippen LogP contribution in [0.15, 0.2) is 4.99 Å². The highest BCUT2D eigenvalue weighted by molar-refractivity contribution is 5.78. The molecule has 76 valence electrons. The van der Waals surface area contributed by atoms with Gasteiger partial charge in [-0.3, -0.25) is 4.99 Å². The van der Waals surface area contributed by atoms with Gasteiger partial charge < -0.3 is 20.9 Å². The molecule has 1 atom stereocenters. The first-order valence-corrected chi connectivity index (χ1v) is 4.46. The Morgan fingerprint density at radius 1 is 1.77 bits per heavy atom. The van der Waals surface area contributed by atoms with Gasteiger partial charge in [0, 0.05) is 13.2 Å². The van der Waals surface area contributed by atoms with Crippen molar-refractivity contribution in [3.8, 4) is 0 Å². The predicted octanol–water partition coefficient (Wildman–Crippen LogP) is -0.940. The fraction of sp³-hybridized carbons (Fsp3) is 0.875. The minimum absolute atomic E-state index is 0.291. The van der Waals surface area contributed by atoms with Gasteiger partial charge in [-0.15, -0.1) is 0 Å². The zero-order valence-electron chi connectivity index (χ0n) is 7.86. The number of ether oxygens (including phenoxy) is 1. The number of aliphatic imine (C=N–C) groups is 1. The Morgan fingerprint density at radius 2 is 2.46 bits per heavy atom. The molecule has 0 aromatic heterocycles. The van der Waals surface area contributed by atoms with E-state index in [9.17, 15) is 5.11 Å². The first-order chi connectivity index (χ1) is 6.22. The summed E-state index contributed by atoms with van der Waals surface area (Å²) in [6.07, 6.45) is 1.76. The molecule has 0 aromatic carbocycles. The van der Waals surface area contributed by atoms with Crippen LogP contribution in [0.25, 0.3) is 0 Å². The molecule has 13 heavy (non-hydrogen) atoms. The van der Waals surface area contributed by atoms with Gasteiger partial charge in [-0.2, -0.15) is 0 Å². The molecule has 4 N–H and O–H groups in total. The molecule has 0 radical (unpaired) electrons. The number of nitrogens with two attached hydrogens (primary N) is 1. The molecule has 0 heterocycles. The summed E-state index contributed by atoms with van der Waals surface area (Å²) in [7, 11) is 1.54. The lowest BCUT2D eigenvalue weighted by atomic mass is 10.4. The van der Waals surface area contributed by atoms with E-state index in [-0.39, 0.29) is 0 Å². The molecule has 0 saturated heterocycles. The minimum atomic E-state index is -0.565. The summed E-state index contributed by atoms with van der Waals surface area (Å²) in [6.45, 7) is 0.583. The van der Waals surface area contributed by atoms with E-state index >= 15 is 0 Å². The number of rotatable bonds is 5. The van der Waals surface area contributed by atoms with Crippen LogP contribution in [0.4, 0.5) is 0 Å². The number of aliphatic hydroxyl groups excluding tert-OH is 1. The number of aliphatic hydroxyl groups is 1. The summed E-state index contributed by atoms with van der Waals surface area (Å²) in [5.41, 5.74) is 5.55. The normalized spacial score (nSPS) is 20.0. The van der Waals surface area contributed by atoms with Crippen molar-refractivity contribution >= 4 is 5.96 Å². The lowest BCUT2D eigenvalue weighted by molar-refractivity contribution is 0.0704. The molecular weight excluding hydrogens is 170 g/mol. The van der Waals surface area contributed by atoms with Crippen molar-refractivity contribution in [3.63, 3.8) is 0 Å². The second kappa shape index (κ2) is 5.04. The van der Waals surface area contributed by atoms with E-state index in [1.54, 1.807) is 7.11 Å². The first kappa shape index (κ1) is 10.3. The Morgan fingerprint density at radius 3 is 3.00 bits per heavy atom. The van der Waals surface area contributed by atoms with Crippen LogP contribution in [-0.2, 0) is 4.74 Å². The Bertz CT molecular complexity index is 180. The maximum Gasteiger partial charge on any atom is 0.188 e. The predicted molar refractivity (Wildman–Crippen MR) is 50.5 cm³/mol. The van der Waals surface area contributed by atoms with Crippen molar-refractivity contribution in [1.29, 1.82) is 0 Å². The number of nitrogens with one attached hydrogen (secondary N) is 1. The SMILES string of the molecule is COCC(O)CN=C(N)NC1CC1. The quantitative estimate of drug-likeness (QED) is 0.383. The number of guanidine groups is 1. The highest BCUT2D eigenvalue weighted by atomic mass is 16.5. The summed E-state index contributed by atoms with van der Waals surface area (Å²) in [5, 5.41) is 12.3. The lowest BCUT2D eigenvalue weighted by Gasteiger charge is -2.07. The van der Waals surface area contributed by atoms with Gasteiger partial charge in [-0.05, 0) is 12.8 Å². The van der Waals surface area contributed by atoms with Crippen molar-refractivity contribution in [2.24, 2.45) is 10.7 Å². The molecule has 1 aliphatic rings. The van der Waals surface area contributed by atoms with Crippen molar-refractivity contribution in [3.05, 3.63) is 0 Å². The highest BCUT2D eigenvalue weighted by Gasteiger charge is 2.21. The van der Waals surface area contributed by atoms with Crippen LogP contribution in [0.5, 0.6) is 0 Å². The van der Waals surface area contributed by atoms with E-state index in [4.69, 9.17) is 10.5 Å². The molecule has 1 rings (SSSR count). The smallest absolute Gasteiger partial charge is 0.188 e. The third-order valence-electron chi connectivity index (χ3n) is 1.76. The average molecular weight is 187 g/mol. The van der Waals surface area contributed by atoms with Crippen molar-refractivity contribution in [2.45, 2.75) is 25.0 Å². The minimum Gasteiger partial charge on any atom is -0.389 e. The van der Waals surface area contributed by atoms with Crippen LogP contribution < -0.4 is 11.1 Å². The van der Waals surface area contributed by atoms with Crippen LogP contribution in [0.3, 0.4) is 0 Å². The Hall–Kier alpha value is -0.810. The molecule has 0 amide bonds. The molecule has 1 fully saturated rings. The van der Waals surface area contributed by atoms with E-state index in [2.05, 4.69) is 10.3 Å². The van der Waals surface area contributed by atoms with Crippen molar-refractivity contribution in [1.82, 2.24) is 5.32 Å². The van der Waals surface area contributed by atoms with Crippen LogP contribution in [0.1, 0.15) is 12.8 Å². The van der Waals surface area contributed by atoms with Crippen molar-refractivity contribution < 1.29 is 9.84 Å². The Labute approximate surface area is 78.0 Å². The van der Waals surface area contributed by atoms with Gasteiger partial charge in [-0.25, -0.2) is 0 Å². The molecule has 1 saturated carbocycles. The number of hydrogen-bond acceptors (Lipinski definition) is 3. The van der Waals surface area contributed by atoms with Gasteiger partial charge in [0.25, 0.3) is 0 Å². The molecule has 0 bridgehead atoms. The van der Waals surface area contributed by atoms with Crippen LogP contribution in [-0.4, -0.2) is 43.5 Å². The number of methoxy groups -OCH3 is 1. The van der Waals surface area contributed by atoms with E-state index < -0.39 is 6.10 Å². The molecule has 1 aliphatic carbocycles. The topological polar surface area (TPSA) is 79.9 Å². The molecule has 0 aromatic rings. The molecule has 0 spiro atoms. The zero-order chi connectivity index (χ0) is 9.68. The summed E-state index contributed by atoms with van der Waals surface area (Å²) in [5.74, 6) is 0.414. The monoisotopic (exact) mass is 187 g/mol. The van der Waals surface area contributed by atoms with E-state index in [1.165, 1.54) is 0 Å². The third-order valence-corrected chi connectivity index (χ3v) is 1.76. The summed E-state index contributed by atoms with van der Waals surface area (Å²) in [6, 6.07) is 0.503. The molecule has 1 unspecified atom stereocenters. The third kappa shape index (κ3) is 4.69.